The molecular weight excluding hydrogens is 500 g/mol. The van der Waals surface area contributed by atoms with Crippen molar-refractivity contribution in [2.75, 3.05) is 16.3 Å². The summed E-state index contributed by atoms with van der Waals surface area (Å²) in [6.45, 7) is 0.989. The van der Waals surface area contributed by atoms with E-state index in [1.165, 1.54) is 6.20 Å². The van der Waals surface area contributed by atoms with Gasteiger partial charge in [0.2, 0.25) is 10.0 Å². The fourth-order valence-electron chi connectivity index (χ4n) is 3.32. The summed E-state index contributed by atoms with van der Waals surface area (Å²) in [7, 11) is -3.59. The molecule has 8 nitrogen and oxygen atoms in total. The summed E-state index contributed by atoms with van der Waals surface area (Å²) in [4.78, 5) is 21.1. The Morgan fingerprint density at radius 1 is 0.944 bits per heavy atom. The van der Waals surface area contributed by atoms with Crippen LogP contribution in [0.2, 0.25) is 5.15 Å². The minimum absolute atomic E-state index is 0.0769. The van der Waals surface area contributed by atoms with Gasteiger partial charge in [0, 0.05) is 16.8 Å². The number of anilines is 2. The zero-order valence-electron chi connectivity index (χ0n) is 19.3. The second kappa shape index (κ2) is 11.3. The molecule has 0 radical (unpaired) electrons. The number of carbonyl (C=O) groups excluding carboxylic acids is 1. The predicted octanol–water partition coefficient (Wildman–Crippen LogP) is 5.14. The van der Waals surface area contributed by atoms with Crippen LogP contribution < -0.4 is 10.0 Å². The van der Waals surface area contributed by atoms with Crippen LogP contribution in [0.25, 0.3) is 11.3 Å². The smallest absolute Gasteiger partial charge is 0.255 e. The van der Waals surface area contributed by atoms with Gasteiger partial charge in [0.05, 0.1) is 31.4 Å². The van der Waals surface area contributed by atoms with Crippen LogP contribution in [0, 0.1) is 0 Å². The average molecular weight is 523 g/mol. The quantitative estimate of drug-likeness (QED) is 0.315. The van der Waals surface area contributed by atoms with Gasteiger partial charge in [0.25, 0.3) is 5.91 Å². The molecule has 0 aliphatic heterocycles. The van der Waals surface area contributed by atoms with Crippen molar-refractivity contribution in [3.8, 4) is 11.3 Å². The molecule has 0 aliphatic rings. The number of hydrogen-bond acceptors (Lipinski definition) is 6. The molecule has 10 heteroatoms. The van der Waals surface area contributed by atoms with Gasteiger partial charge in [-0.25, -0.2) is 18.4 Å². The van der Waals surface area contributed by atoms with Gasteiger partial charge in [-0.1, -0.05) is 66.2 Å². The van der Waals surface area contributed by atoms with Crippen LogP contribution in [-0.4, -0.2) is 30.5 Å². The summed E-state index contributed by atoms with van der Waals surface area (Å²) in [5.41, 5.74) is 4.08. The lowest BCUT2D eigenvalue weighted by atomic mass is 10.1. The molecule has 36 heavy (non-hydrogen) atoms. The van der Waals surface area contributed by atoms with Crippen LogP contribution >= 0.6 is 11.6 Å². The first-order valence-corrected chi connectivity index (χ1v) is 13.2. The highest BCUT2D eigenvalue weighted by Gasteiger charge is 2.13. The Labute approximate surface area is 214 Å². The zero-order valence-corrected chi connectivity index (χ0v) is 20.9. The lowest BCUT2D eigenvalue weighted by Crippen LogP contribution is -2.13. The summed E-state index contributed by atoms with van der Waals surface area (Å²) in [5.74, 6) is -0.388. The number of ether oxygens (including phenoxy) is 1. The van der Waals surface area contributed by atoms with E-state index in [0.717, 1.165) is 17.4 Å². The third kappa shape index (κ3) is 7.11. The summed E-state index contributed by atoms with van der Waals surface area (Å²) in [6.07, 6.45) is 2.40. The van der Waals surface area contributed by atoms with Gasteiger partial charge in [-0.15, -0.1) is 0 Å². The molecule has 0 aliphatic carbocycles. The first-order valence-electron chi connectivity index (χ1n) is 10.9. The summed E-state index contributed by atoms with van der Waals surface area (Å²) in [5, 5.41) is 2.79. The highest BCUT2D eigenvalue weighted by Crippen LogP contribution is 2.24. The van der Waals surface area contributed by atoms with Crippen LogP contribution in [0.3, 0.4) is 0 Å². The second-order valence-corrected chi connectivity index (χ2v) is 10.1. The van der Waals surface area contributed by atoms with Crippen molar-refractivity contribution in [3.63, 3.8) is 0 Å². The topological polar surface area (TPSA) is 110 Å². The lowest BCUT2D eigenvalue weighted by molar-refractivity contribution is 0.102. The standard InChI is InChI=1S/C26H23ClN4O4S/c1-36(33,34)31-25-24(27)28-15-23(30-25)20-8-5-9-21(14-20)26(32)29-22-12-10-19(11-13-22)17-35-16-18-6-3-2-4-7-18/h2-15H,16-17H2,1H3,(H,29,32)(H,30,31). The van der Waals surface area contributed by atoms with Crippen molar-refractivity contribution in [2.45, 2.75) is 13.2 Å². The summed E-state index contributed by atoms with van der Waals surface area (Å²) in [6, 6.07) is 24.1. The van der Waals surface area contributed by atoms with Crippen LogP contribution in [0.1, 0.15) is 21.5 Å². The van der Waals surface area contributed by atoms with Gasteiger partial charge in [0.15, 0.2) is 11.0 Å². The van der Waals surface area contributed by atoms with Crippen molar-refractivity contribution >= 4 is 39.0 Å². The number of carbonyl (C=O) groups is 1. The number of aromatic nitrogens is 2. The SMILES string of the molecule is CS(=O)(=O)Nc1nc(-c2cccc(C(=O)Nc3ccc(COCc4ccccc4)cc3)c2)cnc1Cl. The molecule has 1 amide bonds. The Bertz CT molecular complexity index is 1460. The van der Waals surface area contributed by atoms with E-state index in [9.17, 15) is 13.2 Å². The van der Waals surface area contributed by atoms with Crippen LogP contribution in [0.4, 0.5) is 11.5 Å². The first kappa shape index (κ1) is 25.3. The predicted molar refractivity (Wildman–Crippen MR) is 140 cm³/mol. The molecule has 0 bridgehead atoms. The number of hydrogen-bond donors (Lipinski definition) is 2. The first-order chi connectivity index (χ1) is 17.3. The summed E-state index contributed by atoms with van der Waals surface area (Å²) >= 11 is 5.96. The van der Waals surface area contributed by atoms with Gasteiger partial charge in [-0.3, -0.25) is 9.52 Å². The molecule has 0 spiro atoms. The number of halogens is 1. The van der Waals surface area contributed by atoms with E-state index in [4.69, 9.17) is 16.3 Å². The van der Waals surface area contributed by atoms with E-state index in [1.807, 2.05) is 54.6 Å². The monoisotopic (exact) mass is 522 g/mol. The molecule has 0 fully saturated rings. The Kier molecular flexibility index (Phi) is 7.94. The maximum absolute atomic E-state index is 12.8. The Balaban J connectivity index is 1.40. The minimum Gasteiger partial charge on any atom is -0.372 e. The average Bonchev–Trinajstić information content (AvgIpc) is 2.86. The largest absolute Gasteiger partial charge is 0.372 e. The summed E-state index contributed by atoms with van der Waals surface area (Å²) < 4.78 is 31.1. The fraction of sp³-hybridized carbons (Fsp3) is 0.115. The van der Waals surface area contributed by atoms with Crippen molar-refractivity contribution in [2.24, 2.45) is 0 Å². The molecule has 4 aromatic rings. The van der Waals surface area contributed by atoms with Gasteiger partial charge in [-0.05, 0) is 35.4 Å². The van der Waals surface area contributed by atoms with Gasteiger partial charge in [-0.2, -0.15) is 0 Å². The zero-order chi connectivity index (χ0) is 25.5. The maximum Gasteiger partial charge on any atom is 0.255 e. The number of sulfonamides is 1. The Morgan fingerprint density at radius 3 is 2.33 bits per heavy atom. The van der Waals surface area contributed by atoms with Gasteiger partial charge >= 0.3 is 0 Å². The maximum atomic E-state index is 12.8. The van der Waals surface area contributed by atoms with E-state index in [-0.39, 0.29) is 16.9 Å². The Morgan fingerprint density at radius 2 is 1.64 bits per heavy atom. The number of benzene rings is 3. The molecule has 0 unspecified atom stereocenters. The molecule has 1 heterocycles. The van der Waals surface area contributed by atoms with Gasteiger partial charge < -0.3 is 10.1 Å². The fourth-order valence-corrected chi connectivity index (χ4v) is 4.01. The molecule has 2 N–H and O–H groups in total. The van der Waals surface area contributed by atoms with E-state index >= 15 is 0 Å². The van der Waals surface area contributed by atoms with Crippen LogP contribution in [0.5, 0.6) is 0 Å². The molecule has 0 saturated heterocycles. The number of nitrogens with one attached hydrogen (secondary N) is 2. The van der Waals surface area contributed by atoms with Gasteiger partial charge in [0.1, 0.15) is 0 Å². The van der Waals surface area contributed by atoms with Crippen molar-refractivity contribution in [3.05, 3.63) is 107 Å². The molecule has 1 aromatic heterocycles. The third-order valence-corrected chi connectivity index (χ3v) is 5.86. The number of nitrogens with zero attached hydrogens (tertiary/aromatic N) is 2. The molecular formula is C26H23ClN4O4S. The number of amides is 1. The van der Waals surface area contributed by atoms with Crippen molar-refractivity contribution in [1.29, 1.82) is 0 Å². The van der Waals surface area contributed by atoms with Crippen molar-refractivity contribution < 1.29 is 17.9 Å². The Hall–Kier alpha value is -3.79. The van der Waals surface area contributed by atoms with E-state index < -0.39 is 10.0 Å². The molecule has 4 rings (SSSR count). The normalized spacial score (nSPS) is 11.2. The number of rotatable bonds is 9. The molecule has 184 valence electrons. The molecule has 0 saturated carbocycles. The second-order valence-electron chi connectivity index (χ2n) is 7.98. The van der Waals surface area contributed by atoms with E-state index in [1.54, 1.807) is 24.3 Å². The van der Waals surface area contributed by atoms with Crippen LogP contribution in [-0.2, 0) is 28.0 Å². The third-order valence-electron chi connectivity index (χ3n) is 5.02. The lowest BCUT2D eigenvalue weighted by Gasteiger charge is -2.10. The van der Waals surface area contributed by atoms with E-state index in [2.05, 4.69) is 20.0 Å². The highest BCUT2D eigenvalue weighted by molar-refractivity contribution is 7.92. The highest BCUT2D eigenvalue weighted by atomic mass is 35.5. The molecule has 3 aromatic carbocycles. The molecule has 0 atom stereocenters. The van der Waals surface area contributed by atoms with E-state index in [0.29, 0.717) is 35.7 Å². The van der Waals surface area contributed by atoms with Crippen LogP contribution in [0.15, 0.2) is 85.1 Å². The minimum atomic E-state index is -3.59. The van der Waals surface area contributed by atoms with Crippen molar-refractivity contribution in [1.82, 2.24) is 9.97 Å².